The second-order valence-electron chi connectivity index (χ2n) is 2.56. The van der Waals surface area contributed by atoms with E-state index in [1.54, 1.807) is 29.1 Å². The Bertz CT molecular complexity index is 485. The van der Waals surface area contributed by atoms with Gasteiger partial charge in [0.25, 0.3) is 5.56 Å². The second kappa shape index (κ2) is 2.71. The molecule has 2 rings (SSSR count). The van der Waals surface area contributed by atoms with Crippen molar-refractivity contribution in [3.8, 4) is 0 Å². The maximum absolute atomic E-state index is 11.5. The van der Waals surface area contributed by atoms with Gasteiger partial charge >= 0.3 is 0 Å². The second-order valence-corrected chi connectivity index (χ2v) is 4.33. The number of hydrogen-bond acceptors (Lipinski definition) is 2. The van der Waals surface area contributed by atoms with Crippen LogP contribution in [0.5, 0.6) is 0 Å². The molecular weight excluding hydrogens is 238 g/mol. The molecule has 0 radical (unpaired) electrons. The van der Waals surface area contributed by atoms with Crippen molar-refractivity contribution in [1.82, 2.24) is 4.57 Å². The average molecular weight is 244 g/mol. The van der Waals surface area contributed by atoms with E-state index >= 15 is 0 Å². The van der Waals surface area contributed by atoms with Crippen LogP contribution in [-0.2, 0) is 7.05 Å². The molecule has 62 valence electrons. The number of aryl methyl sites for hydroxylation is 1. The lowest BCUT2D eigenvalue weighted by Crippen LogP contribution is -2.14. The van der Waals surface area contributed by atoms with Crippen molar-refractivity contribution in [2.75, 3.05) is 0 Å². The van der Waals surface area contributed by atoms with Crippen molar-refractivity contribution >= 4 is 37.4 Å². The molecule has 2 heterocycles. The molecule has 0 spiro atoms. The molecule has 0 saturated heterocycles. The first kappa shape index (κ1) is 8.01. The highest BCUT2D eigenvalue weighted by Gasteiger charge is 2.04. The van der Waals surface area contributed by atoms with Crippen LogP contribution >= 0.6 is 27.3 Å². The third-order valence-electron chi connectivity index (χ3n) is 1.74. The lowest BCUT2D eigenvalue weighted by molar-refractivity contribution is 0.870. The normalized spacial score (nSPS) is 10.8. The quantitative estimate of drug-likeness (QED) is 0.697. The molecule has 0 fully saturated rings. The van der Waals surface area contributed by atoms with Gasteiger partial charge in [0.15, 0.2) is 0 Å². The van der Waals surface area contributed by atoms with E-state index in [0.717, 1.165) is 14.6 Å². The van der Waals surface area contributed by atoms with Crippen molar-refractivity contribution in [3.05, 3.63) is 32.5 Å². The van der Waals surface area contributed by atoms with Gasteiger partial charge in [0, 0.05) is 13.2 Å². The van der Waals surface area contributed by atoms with E-state index in [2.05, 4.69) is 15.9 Å². The maximum atomic E-state index is 11.5. The van der Waals surface area contributed by atoms with E-state index in [4.69, 9.17) is 0 Å². The summed E-state index contributed by atoms with van der Waals surface area (Å²) in [6, 6.07) is 1.85. The van der Waals surface area contributed by atoms with Gasteiger partial charge in [-0.1, -0.05) is 0 Å². The Morgan fingerprint density at radius 1 is 1.58 bits per heavy atom. The van der Waals surface area contributed by atoms with Crippen LogP contribution in [0.25, 0.3) is 10.1 Å². The Hall–Kier alpha value is -0.610. The summed E-state index contributed by atoms with van der Waals surface area (Å²) in [6.07, 6.45) is 1.79. The van der Waals surface area contributed by atoms with E-state index in [1.165, 1.54) is 0 Å². The maximum Gasteiger partial charge on any atom is 0.259 e. The molecule has 2 aromatic heterocycles. The largest absolute Gasteiger partial charge is 0.317 e. The van der Waals surface area contributed by atoms with Crippen molar-refractivity contribution in [1.29, 1.82) is 0 Å². The van der Waals surface area contributed by atoms with Crippen LogP contribution in [0.1, 0.15) is 0 Å². The highest BCUT2D eigenvalue weighted by molar-refractivity contribution is 9.10. The van der Waals surface area contributed by atoms with Gasteiger partial charge in [-0.05, 0) is 27.4 Å². The zero-order chi connectivity index (χ0) is 8.72. The van der Waals surface area contributed by atoms with E-state index in [1.807, 2.05) is 11.4 Å². The summed E-state index contributed by atoms with van der Waals surface area (Å²) in [4.78, 5) is 11.5. The monoisotopic (exact) mass is 243 g/mol. The Morgan fingerprint density at radius 3 is 3.08 bits per heavy atom. The third kappa shape index (κ3) is 1.03. The molecule has 2 aromatic rings. The summed E-state index contributed by atoms with van der Waals surface area (Å²) in [5, 5.41) is 2.72. The van der Waals surface area contributed by atoms with Crippen LogP contribution in [0, 0.1) is 0 Å². The Morgan fingerprint density at radius 2 is 2.33 bits per heavy atom. The number of halogens is 1. The number of rotatable bonds is 0. The van der Waals surface area contributed by atoms with Gasteiger partial charge in [0.05, 0.1) is 14.6 Å². The molecule has 0 aromatic carbocycles. The first-order valence-electron chi connectivity index (χ1n) is 3.42. The summed E-state index contributed by atoms with van der Waals surface area (Å²) in [5.41, 5.74) is 0.0643. The summed E-state index contributed by atoms with van der Waals surface area (Å²) in [5.74, 6) is 0. The van der Waals surface area contributed by atoms with Gasteiger partial charge in [-0.25, -0.2) is 0 Å². The van der Waals surface area contributed by atoms with Crippen molar-refractivity contribution < 1.29 is 0 Å². The van der Waals surface area contributed by atoms with Gasteiger partial charge in [-0.2, -0.15) is 0 Å². The fourth-order valence-electron chi connectivity index (χ4n) is 1.14. The van der Waals surface area contributed by atoms with Gasteiger partial charge in [0.1, 0.15) is 0 Å². The molecule has 0 amide bonds. The summed E-state index contributed by atoms with van der Waals surface area (Å²) in [7, 11) is 1.75. The number of pyridine rings is 1. The highest BCUT2D eigenvalue weighted by Crippen LogP contribution is 2.25. The number of hydrogen-bond donors (Lipinski definition) is 0. The molecular formula is C8H6BrNOS. The first-order valence-corrected chi connectivity index (χ1v) is 5.10. The SMILES string of the molecule is Cn1cc(Br)c2sccc2c1=O. The fraction of sp³-hybridized carbons (Fsp3) is 0.125. The number of aromatic nitrogens is 1. The molecule has 0 aliphatic heterocycles. The average Bonchev–Trinajstić information content (AvgIpc) is 2.48. The molecule has 0 atom stereocenters. The molecule has 0 N–H and O–H groups in total. The smallest absolute Gasteiger partial charge is 0.259 e. The summed E-state index contributed by atoms with van der Waals surface area (Å²) in [6.45, 7) is 0. The first-order chi connectivity index (χ1) is 5.70. The molecule has 4 heteroatoms. The lowest BCUT2D eigenvalue weighted by atomic mass is 10.3. The minimum Gasteiger partial charge on any atom is -0.317 e. The number of nitrogens with zero attached hydrogens (tertiary/aromatic N) is 1. The zero-order valence-corrected chi connectivity index (χ0v) is 8.78. The fourth-order valence-corrected chi connectivity index (χ4v) is 2.73. The molecule has 0 saturated carbocycles. The van der Waals surface area contributed by atoms with Gasteiger partial charge < -0.3 is 4.57 Å². The molecule has 2 nitrogen and oxygen atoms in total. The molecule has 0 aliphatic carbocycles. The predicted molar refractivity (Wildman–Crippen MR) is 54.8 cm³/mol. The van der Waals surface area contributed by atoms with Crippen molar-refractivity contribution in [3.63, 3.8) is 0 Å². The van der Waals surface area contributed by atoms with Crippen LogP contribution < -0.4 is 5.56 Å². The highest BCUT2D eigenvalue weighted by atomic mass is 79.9. The van der Waals surface area contributed by atoms with Crippen LogP contribution in [0.4, 0.5) is 0 Å². The lowest BCUT2D eigenvalue weighted by Gasteiger charge is -1.98. The van der Waals surface area contributed by atoms with Crippen molar-refractivity contribution in [2.45, 2.75) is 0 Å². The molecule has 0 bridgehead atoms. The Kier molecular flexibility index (Phi) is 1.81. The van der Waals surface area contributed by atoms with Crippen LogP contribution in [0.3, 0.4) is 0 Å². The van der Waals surface area contributed by atoms with Crippen molar-refractivity contribution in [2.24, 2.45) is 7.05 Å². The van der Waals surface area contributed by atoms with E-state index in [0.29, 0.717) is 0 Å². The van der Waals surface area contributed by atoms with Crippen LogP contribution in [0.2, 0.25) is 0 Å². The number of fused-ring (bicyclic) bond motifs is 1. The van der Waals surface area contributed by atoms with Gasteiger partial charge in [0.2, 0.25) is 0 Å². The molecule has 0 aliphatic rings. The van der Waals surface area contributed by atoms with Crippen LogP contribution in [-0.4, -0.2) is 4.57 Å². The van der Waals surface area contributed by atoms with E-state index < -0.39 is 0 Å². The predicted octanol–water partition coefficient (Wildman–Crippen LogP) is 2.36. The minimum atomic E-state index is 0.0643. The van der Waals surface area contributed by atoms with Gasteiger partial charge in [-0.3, -0.25) is 4.79 Å². The topological polar surface area (TPSA) is 22.0 Å². The van der Waals surface area contributed by atoms with Gasteiger partial charge in [-0.15, -0.1) is 11.3 Å². The third-order valence-corrected chi connectivity index (χ3v) is 3.55. The summed E-state index contributed by atoms with van der Waals surface area (Å²) >= 11 is 4.99. The van der Waals surface area contributed by atoms with Crippen LogP contribution in [0.15, 0.2) is 26.9 Å². The molecule has 12 heavy (non-hydrogen) atoms. The van der Waals surface area contributed by atoms with E-state index in [-0.39, 0.29) is 5.56 Å². The zero-order valence-electron chi connectivity index (χ0n) is 6.37. The molecule has 0 unspecified atom stereocenters. The minimum absolute atomic E-state index is 0.0643. The van der Waals surface area contributed by atoms with E-state index in [9.17, 15) is 4.79 Å². The Balaban J connectivity index is 3.07. The number of thiophene rings is 1. The standard InChI is InChI=1S/C8H6BrNOS/c1-10-4-6(9)7-5(8(10)11)2-3-12-7/h2-4H,1H3. The summed E-state index contributed by atoms with van der Waals surface area (Å²) < 4.78 is 3.59. The Labute approximate surface area is 81.6 Å².